The summed E-state index contributed by atoms with van der Waals surface area (Å²) in [5.41, 5.74) is 1.66. The number of likely N-dealkylation sites (N-methyl/N-ethyl adjacent to an activating group) is 1. The molecule has 0 aliphatic rings. The molecular weight excluding hydrogens is 573 g/mol. The van der Waals surface area contributed by atoms with Crippen molar-refractivity contribution in [3.63, 3.8) is 0 Å². The molecule has 0 saturated carbocycles. The first-order chi connectivity index (χ1) is 18.1. The molecule has 0 spiro atoms. The SMILES string of the molecule is CNC(=O)[C@@H](Cc1ccccc1)N(Cc1cccc(Br)c1)C(=O)CCCN(c1ccccc1F)S(C)(=O)=O. The molecule has 0 aliphatic heterocycles. The van der Waals surface area contributed by atoms with Gasteiger partial charge in [0.2, 0.25) is 21.8 Å². The molecular formula is C28H31BrFN3O4S. The molecule has 2 amide bonds. The van der Waals surface area contributed by atoms with Crippen LogP contribution in [0.4, 0.5) is 10.1 Å². The monoisotopic (exact) mass is 603 g/mol. The van der Waals surface area contributed by atoms with Gasteiger partial charge in [0.25, 0.3) is 0 Å². The highest BCUT2D eigenvalue weighted by Gasteiger charge is 2.30. The lowest BCUT2D eigenvalue weighted by Crippen LogP contribution is -2.49. The lowest BCUT2D eigenvalue weighted by molar-refractivity contribution is -0.141. The molecule has 1 N–H and O–H groups in total. The molecule has 3 rings (SSSR count). The van der Waals surface area contributed by atoms with Gasteiger partial charge in [-0.25, -0.2) is 12.8 Å². The molecule has 10 heteroatoms. The number of amides is 2. The molecule has 38 heavy (non-hydrogen) atoms. The lowest BCUT2D eigenvalue weighted by atomic mass is 10.0. The van der Waals surface area contributed by atoms with Crippen LogP contribution in [-0.2, 0) is 32.6 Å². The molecule has 0 bridgehead atoms. The van der Waals surface area contributed by atoms with Crippen molar-refractivity contribution < 1.29 is 22.4 Å². The minimum absolute atomic E-state index is 0.0310. The molecule has 3 aromatic rings. The van der Waals surface area contributed by atoms with Crippen molar-refractivity contribution in [2.24, 2.45) is 0 Å². The average molecular weight is 605 g/mol. The summed E-state index contributed by atoms with van der Waals surface area (Å²) in [6.07, 6.45) is 1.42. The van der Waals surface area contributed by atoms with Crippen molar-refractivity contribution in [1.82, 2.24) is 10.2 Å². The van der Waals surface area contributed by atoms with Crippen LogP contribution < -0.4 is 9.62 Å². The van der Waals surface area contributed by atoms with Gasteiger partial charge in [0.15, 0.2) is 0 Å². The molecule has 7 nitrogen and oxygen atoms in total. The molecule has 202 valence electrons. The van der Waals surface area contributed by atoms with E-state index in [-0.39, 0.29) is 43.4 Å². The van der Waals surface area contributed by atoms with E-state index in [1.165, 1.54) is 30.1 Å². The van der Waals surface area contributed by atoms with Crippen molar-refractivity contribution in [2.45, 2.75) is 31.8 Å². The Morgan fingerprint density at radius 1 is 0.974 bits per heavy atom. The fourth-order valence-corrected chi connectivity index (χ4v) is 5.60. The van der Waals surface area contributed by atoms with Gasteiger partial charge >= 0.3 is 0 Å². The fraction of sp³-hybridized carbons (Fsp3) is 0.286. The second-order valence-electron chi connectivity index (χ2n) is 8.86. The maximum Gasteiger partial charge on any atom is 0.242 e. The Kier molecular flexibility index (Phi) is 10.4. The number of rotatable bonds is 12. The number of anilines is 1. The van der Waals surface area contributed by atoms with Gasteiger partial charge in [-0.3, -0.25) is 13.9 Å². The predicted octanol–water partition coefficient (Wildman–Crippen LogP) is 4.52. The summed E-state index contributed by atoms with van der Waals surface area (Å²) >= 11 is 3.45. The van der Waals surface area contributed by atoms with Crippen LogP contribution in [0.3, 0.4) is 0 Å². The van der Waals surface area contributed by atoms with E-state index in [9.17, 15) is 22.4 Å². The maximum atomic E-state index is 14.4. The van der Waals surface area contributed by atoms with Gasteiger partial charge in [-0.15, -0.1) is 0 Å². The van der Waals surface area contributed by atoms with Crippen LogP contribution in [0.15, 0.2) is 83.3 Å². The second kappa shape index (κ2) is 13.5. The van der Waals surface area contributed by atoms with E-state index in [4.69, 9.17) is 0 Å². The highest BCUT2D eigenvalue weighted by atomic mass is 79.9. The normalized spacial score (nSPS) is 12.0. The number of sulfonamides is 1. The van der Waals surface area contributed by atoms with Gasteiger partial charge < -0.3 is 10.2 Å². The summed E-state index contributed by atoms with van der Waals surface area (Å²) < 4.78 is 41.0. The predicted molar refractivity (Wildman–Crippen MR) is 151 cm³/mol. The number of nitrogens with one attached hydrogen (secondary N) is 1. The van der Waals surface area contributed by atoms with Crippen molar-refractivity contribution >= 4 is 43.5 Å². The zero-order valence-corrected chi connectivity index (χ0v) is 23.7. The van der Waals surface area contributed by atoms with Crippen LogP contribution in [0.2, 0.25) is 0 Å². The summed E-state index contributed by atoms with van der Waals surface area (Å²) in [7, 11) is -2.26. The van der Waals surface area contributed by atoms with Crippen molar-refractivity contribution in [3.05, 3.63) is 100 Å². The Balaban J connectivity index is 1.85. The molecule has 3 aromatic carbocycles. The standard InChI is InChI=1S/C28H31BrFN3O4S/c1-31-28(35)26(19-21-10-4-3-5-11-21)32(20-22-12-8-13-23(29)18-22)27(34)16-9-17-33(38(2,36)37)25-15-7-6-14-24(25)30/h3-8,10-15,18,26H,9,16-17,19-20H2,1-2H3,(H,31,35)/t26-/m1/s1. The number of hydrogen-bond acceptors (Lipinski definition) is 4. The summed E-state index contributed by atoms with van der Waals surface area (Å²) in [5.74, 6) is -1.28. The Morgan fingerprint density at radius 3 is 2.26 bits per heavy atom. The Bertz CT molecular complexity index is 1350. The zero-order valence-electron chi connectivity index (χ0n) is 21.3. The number of benzene rings is 3. The lowest BCUT2D eigenvalue weighted by Gasteiger charge is -2.31. The third kappa shape index (κ3) is 8.13. The van der Waals surface area contributed by atoms with E-state index < -0.39 is 21.9 Å². The van der Waals surface area contributed by atoms with E-state index >= 15 is 0 Å². The van der Waals surface area contributed by atoms with Crippen LogP contribution >= 0.6 is 15.9 Å². The van der Waals surface area contributed by atoms with Crippen LogP contribution in [-0.4, -0.2) is 51.0 Å². The quantitative estimate of drug-likeness (QED) is 0.330. The van der Waals surface area contributed by atoms with Crippen LogP contribution in [0.25, 0.3) is 0 Å². The highest BCUT2D eigenvalue weighted by molar-refractivity contribution is 9.10. The van der Waals surface area contributed by atoms with Crippen LogP contribution in [0.5, 0.6) is 0 Å². The third-order valence-electron chi connectivity index (χ3n) is 6.03. The summed E-state index contributed by atoms with van der Waals surface area (Å²) in [6.45, 7) is 0.103. The molecule has 1 atom stereocenters. The summed E-state index contributed by atoms with van der Waals surface area (Å²) in [5, 5.41) is 2.67. The van der Waals surface area contributed by atoms with Crippen molar-refractivity contribution in [1.29, 1.82) is 0 Å². The number of halogens is 2. The number of para-hydroxylation sites is 1. The summed E-state index contributed by atoms with van der Waals surface area (Å²) in [4.78, 5) is 28.2. The topological polar surface area (TPSA) is 86.8 Å². The van der Waals surface area contributed by atoms with E-state index in [1.807, 2.05) is 54.6 Å². The van der Waals surface area contributed by atoms with Gasteiger partial charge in [-0.05, 0) is 41.8 Å². The van der Waals surface area contributed by atoms with E-state index in [0.717, 1.165) is 26.2 Å². The third-order valence-corrected chi connectivity index (χ3v) is 7.71. The molecule has 0 fully saturated rings. The number of carbonyl (C=O) groups excluding carboxylic acids is 2. The van der Waals surface area contributed by atoms with Gasteiger partial charge in [0, 0.05) is 37.5 Å². The zero-order chi connectivity index (χ0) is 27.7. The molecule has 0 aliphatic carbocycles. The number of hydrogen-bond donors (Lipinski definition) is 1. The maximum absolute atomic E-state index is 14.4. The largest absolute Gasteiger partial charge is 0.357 e. The van der Waals surface area contributed by atoms with Gasteiger partial charge in [-0.2, -0.15) is 0 Å². The Labute approximate surface area is 231 Å². The van der Waals surface area contributed by atoms with Crippen LogP contribution in [0.1, 0.15) is 24.0 Å². The smallest absolute Gasteiger partial charge is 0.242 e. The minimum Gasteiger partial charge on any atom is -0.357 e. The van der Waals surface area contributed by atoms with E-state index in [0.29, 0.717) is 6.42 Å². The number of carbonyl (C=O) groups is 2. The average Bonchev–Trinajstić information content (AvgIpc) is 2.88. The Morgan fingerprint density at radius 2 is 1.63 bits per heavy atom. The summed E-state index contributed by atoms with van der Waals surface area (Å²) in [6, 6.07) is 21.7. The molecule has 0 radical (unpaired) electrons. The van der Waals surface area contributed by atoms with Crippen molar-refractivity contribution in [2.75, 3.05) is 24.2 Å². The van der Waals surface area contributed by atoms with Crippen molar-refractivity contribution in [3.8, 4) is 0 Å². The molecule has 0 heterocycles. The fourth-order valence-electron chi connectivity index (χ4n) is 4.19. The highest BCUT2D eigenvalue weighted by Crippen LogP contribution is 2.23. The first-order valence-electron chi connectivity index (χ1n) is 12.1. The molecule has 0 saturated heterocycles. The first kappa shape index (κ1) is 29.3. The first-order valence-corrected chi connectivity index (χ1v) is 14.8. The molecule has 0 unspecified atom stereocenters. The van der Waals surface area contributed by atoms with Gasteiger partial charge in [0.1, 0.15) is 11.9 Å². The number of nitrogens with zero attached hydrogens (tertiary/aromatic N) is 2. The Hall–Kier alpha value is -3.24. The van der Waals surface area contributed by atoms with Gasteiger partial charge in [0.05, 0.1) is 11.9 Å². The van der Waals surface area contributed by atoms with E-state index in [1.54, 1.807) is 6.07 Å². The minimum atomic E-state index is -3.79. The molecule has 0 aromatic heterocycles. The van der Waals surface area contributed by atoms with Crippen LogP contribution in [0, 0.1) is 5.82 Å². The van der Waals surface area contributed by atoms with E-state index in [2.05, 4.69) is 21.2 Å². The van der Waals surface area contributed by atoms with Gasteiger partial charge in [-0.1, -0.05) is 70.5 Å². The second-order valence-corrected chi connectivity index (χ2v) is 11.7.